The molecule has 0 saturated carbocycles. The quantitative estimate of drug-likeness (QED) is 0.318. The van der Waals surface area contributed by atoms with Crippen LogP contribution in [0, 0.1) is 0 Å². The van der Waals surface area contributed by atoms with Gasteiger partial charge in [0, 0.05) is 0 Å². The van der Waals surface area contributed by atoms with Gasteiger partial charge in [0.25, 0.3) is 0 Å². The molecule has 5 heteroatoms. The first-order chi connectivity index (χ1) is 3.55. The zero-order chi connectivity index (χ0) is 6.73. The smallest absolute Gasteiger partial charge is 0.595 e. The van der Waals surface area contributed by atoms with Gasteiger partial charge in [-0.25, -0.2) is 0 Å². The summed E-state index contributed by atoms with van der Waals surface area (Å²) in [6, 6.07) is 0. The molecule has 0 aromatic heterocycles. The van der Waals surface area contributed by atoms with E-state index in [1.165, 1.54) is 13.8 Å². The third kappa shape index (κ3) is 5.19. The fourth-order valence-electron chi connectivity index (χ4n) is 0.148. The van der Waals surface area contributed by atoms with E-state index < -0.39 is 13.7 Å². The van der Waals surface area contributed by atoms with Crippen LogP contribution >= 0.6 is 8.03 Å². The molecule has 0 aliphatic heterocycles. The summed E-state index contributed by atoms with van der Waals surface area (Å²) in [6.45, 7) is 2.63. The molecule has 0 fully saturated rings. The Labute approximate surface area is 77.0 Å². The third-order valence-corrected chi connectivity index (χ3v) is 1.90. The fraction of sp³-hybridized carbons (Fsp3) is 0.750. The molecule has 0 aliphatic rings. The maximum Gasteiger partial charge on any atom is 1.00 e. The van der Waals surface area contributed by atoms with Gasteiger partial charge in [-0.3, -0.25) is 4.79 Å². The summed E-state index contributed by atoms with van der Waals surface area (Å²) in [4.78, 5) is 20.2. The average Bonchev–Trinajstić information content (AvgIpc) is 1.64. The molecule has 0 saturated heterocycles. The Kier molecular flexibility index (Phi) is 7.60. The first-order valence-corrected chi connectivity index (χ1v) is 3.44. The van der Waals surface area contributed by atoms with Crippen LogP contribution < -0.4 is 34.5 Å². The van der Waals surface area contributed by atoms with Crippen molar-refractivity contribution in [2.75, 3.05) is 0 Å². The van der Waals surface area contributed by atoms with E-state index in [0.29, 0.717) is 0 Å². The van der Waals surface area contributed by atoms with Gasteiger partial charge in [0.15, 0.2) is 5.78 Å². The maximum absolute atomic E-state index is 10.2. The van der Waals surface area contributed by atoms with Crippen molar-refractivity contribution in [2.45, 2.75) is 19.5 Å². The van der Waals surface area contributed by atoms with Gasteiger partial charge in [0.05, 0.1) is 0 Å². The monoisotopic (exact) mass is 157 g/mol. The summed E-state index contributed by atoms with van der Waals surface area (Å²) in [5.41, 5.74) is -0.815. The van der Waals surface area contributed by atoms with Crippen molar-refractivity contribution in [1.29, 1.82) is 0 Å². The summed E-state index contributed by atoms with van der Waals surface area (Å²) >= 11 is 0. The van der Waals surface area contributed by atoms with E-state index >= 15 is 0 Å². The van der Waals surface area contributed by atoms with Crippen molar-refractivity contribution in [1.82, 2.24) is 0 Å². The molecular formula is C4H7NaO3P+. The van der Waals surface area contributed by atoms with Crippen LogP contribution in [0.15, 0.2) is 0 Å². The van der Waals surface area contributed by atoms with Crippen LogP contribution in [0.3, 0.4) is 0 Å². The number of rotatable bonds is 2. The van der Waals surface area contributed by atoms with Gasteiger partial charge in [0.1, 0.15) is 0 Å². The Morgan fingerprint density at radius 3 is 2.00 bits per heavy atom. The number of Topliss-reactive ketones (excluding diaryl/α,β-unsaturated/α-hetero) is 1. The molecule has 0 rings (SSSR count). The van der Waals surface area contributed by atoms with Crippen molar-refractivity contribution in [3.63, 3.8) is 0 Å². The number of carbonyl (C=O) groups is 1. The van der Waals surface area contributed by atoms with E-state index in [1.54, 1.807) is 0 Å². The number of hydrogen-bond acceptors (Lipinski definition) is 3. The van der Waals surface area contributed by atoms with Crippen LogP contribution in [-0.2, 0) is 9.36 Å². The minimum absolute atomic E-state index is 0. The van der Waals surface area contributed by atoms with Crippen molar-refractivity contribution in [3.05, 3.63) is 0 Å². The van der Waals surface area contributed by atoms with E-state index in [2.05, 4.69) is 0 Å². The Morgan fingerprint density at radius 1 is 1.67 bits per heavy atom. The fourth-order valence-corrected chi connectivity index (χ4v) is 0.445. The second-order valence-electron chi connectivity index (χ2n) is 1.57. The molecule has 9 heavy (non-hydrogen) atoms. The van der Waals surface area contributed by atoms with Crippen molar-refractivity contribution < 1.29 is 43.8 Å². The van der Waals surface area contributed by atoms with Gasteiger partial charge in [-0.15, -0.1) is 0 Å². The molecule has 2 unspecified atom stereocenters. The number of hydrogen-bond donors (Lipinski definition) is 0. The van der Waals surface area contributed by atoms with Crippen molar-refractivity contribution in [3.8, 4) is 0 Å². The largest absolute Gasteiger partial charge is 1.00 e. The molecule has 0 radical (unpaired) electrons. The molecule has 0 spiro atoms. The third-order valence-electron chi connectivity index (χ3n) is 0.905. The zero-order valence-corrected chi connectivity index (χ0v) is 8.64. The van der Waals surface area contributed by atoms with Crippen LogP contribution in [0.4, 0.5) is 0 Å². The van der Waals surface area contributed by atoms with Gasteiger partial charge in [-0.2, -0.15) is 0 Å². The van der Waals surface area contributed by atoms with Gasteiger partial charge in [-0.05, 0) is 13.8 Å². The number of carbonyl (C=O) groups excluding carboxylic acids is 1. The van der Waals surface area contributed by atoms with Crippen LogP contribution in [0.5, 0.6) is 0 Å². The second kappa shape index (κ2) is 5.51. The minimum Gasteiger partial charge on any atom is -0.595 e. The standard InChI is InChI=1S/C4H7O3P.Na/c1-3(5)4(2)8(6)7;/h4H,1-2H3;/q;+1. The summed E-state index contributed by atoms with van der Waals surface area (Å²) in [7, 11) is -2.55. The number of ketones is 1. The minimum atomic E-state index is -2.55. The summed E-state index contributed by atoms with van der Waals surface area (Å²) < 4.78 is 9.96. The Hall–Kier alpha value is 0.730. The summed E-state index contributed by atoms with van der Waals surface area (Å²) in [5.74, 6) is -0.305. The molecule has 0 aliphatic carbocycles. The molecular weight excluding hydrogens is 150 g/mol. The predicted octanol–water partition coefficient (Wildman–Crippen LogP) is -2.93. The van der Waals surface area contributed by atoms with Crippen LogP contribution in [-0.4, -0.2) is 11.4 Å². The van der Waals surface area contributed by atoms with E-state index in [9.17, 15) is 14.3 Å². The van der Waals surface area contributed by atoms with Crippen molar-refractivity contribution in [2.24, 2.45) is 0 Å². The zero-order valence-electron chi connectivity index (χ0n) is 5.75. The normalized spacial score (nSPS) is 13.4. The Morgan fingerprint density at radius 2 is 2.00 bits per heavy atom. The molecule has 0 N–H and O–H groups in total. The molecule has 0 aromatic carbocycles. The molecule has 0 heterocycles. The predicted molar refractivity (Wildman–Crippen MR) is 27.7 cm³/mol. The SMILES string of the molecule is CC(=O)C(C)[P+](=O)[O-].[Na+]. The van der Waals surface area contributed by atoms with Crippen LogP contribution in [0.25, 0.3) is 0 Å². The Balaban J connectivity index is 0. The molecule has 2 atom stereocenters. The van der Waals surface area contributed by atoms with Gasteiger partial charge in [-0.1, -0.05) is 4.57 Å². The van der Waals surface area contributed by atoms with Gasteiger partial charge in [0.2, 0.25) is 5.66 Å². The van der Waals surface area contributed by atoms with E-state index in [-0.39, 0.29) is 35.3 Å². The summed E-state index contributed by atoms with van der Waals surface area (Å²) in [6.07, 6.45) is 0. The first-order valence-electron chi connectivity index (χ1n) is 2.19. The van der Waals surface area contributed by atoms with Gasteiger partial charge < -0.3 is 4.89 Å². The van der Waals surface area contributed by atoms with Gasteiger partial charge >= 0.3 is 37.6 Å². The van der Waals surface area contributed by atoms with Crippen LogP contribution in [0.1, 0.15) is 13.8 Å². The molecule has 3 nitrogen and oxygen atoms in total. The van der Waals surface area contributed by atoms with E-state index in [4.69, 9.17) is 0 Å². The Bertz CT molecular complexity index is 111. The van der Waals surface area contributed by atoms with E-state index in [0.717, 1.165) is 0 Å². The van der Waals surface area contributed by atoms with Crippen molar-refractivity contribution >= 4 is 13.8 Å². The topological polar surface area (TPSA) is 57.2 Å². The second-order valence-corrected chi connectivity index (χ2v) is 2.92. The average molecular weight is 157 g/mol. The maximum atomic E-state index is 10.2. The first kappa shape index (κ1) is 12.4. The van der Waals surface area contributed by atoms with E-state index in [1.807, 2.05) is 0 Å². The molecule has 0 bridgehead atoms. The molecule has 0 aromatic rings. The molecule has 46 valence electrons. The summed E-state index contributed by atoms with van der Waals surface area (Å²) in [5, 5.41) is 0. The van der Waals surface area contributed by atoms with Crippen LogP contribution in [0.2, 0.25) is 0 Å². The molecule has 0 amide bonds.